The minimum absolute atomic E-state index is 0.185. The maximum atomic E-state index is 12.2. The van der Waals surface area contributed by atoms with Crippen LogP contribution in [0.1, 0.15) is 40.5 Å². The predicted octanol–water partition coefficient (Wildman–Crippen LogP) is 6.18. The summed E-state index contributed by atoms with van der Waals surface area (Å²) in [7, 11) is -7.74. The number of carbonyl (C=O) groups excluding carboxylic acids is 2. The third-order valence-electron chi connectivity index (χ3n) is 6.42. The normalized spacial score (nSPS) is 12.6. The van der Waals surface area contributed by atoms with Crippen molar-refractivity contribution >= 4 is 47.5 Å². The Kier molecular flexibility index (Phi) is 12.3. The average molecular weight is 601 g/mol. The van der Waals surface area contributed by atoms with Gasteiger partial charge in [0.05, 0.1) is 18.6 Å². The summed E-state index contributed by atoms with van der Waals surface area (Å²) in [6.45, 7) is 20.5. The number of benzene rings is 2. The topological polar surface area (TPSA) is 71.1 Å². The van der Waals surface area contributed by atoms with Gasteiger partial charge in [0, 0.05) is 5.57 Å². The summed E-state index contributed by atoms with van der Waals surface area (Å²) >= 11 is 0. The van der Waals surface area contributed by atoms with Crippen molar-refractivity contribution in [1.82, 2.24) is 0 Å². The summed E-state index contributed by atoms with van der Waals surface area (Å²) < 4.78 is 25.6. The number of esters is 2. The number of rotatable bonds is 15. The average Bonchev–Trinajstić information content (AvgIpc) is 2.88. The van der Waals surface area contributed by atoms with Crippen LogP contribution in [0.25, 0.3) is 0 Å². The van der Waals surface area contributed by atoms with Crippen LogP contribution < -0.4 is 10.4 Å². The van der Waals surface area contributed by atoms with Gasteiger partial charge in [0.25, 0.3) is 0 Å². The molecule has 0 aliphatic rings. The van der Waals surface area contributed by atoms with Crippen molar-refractivity contribution in [2.45, 2.75) is 78.8 Å². The van der Waals surface area contributed by atoms with Crippen LogP contribution in [0, 0.1) is 5.41 Å². The van der Waals surface area contributed by atoms with E-state index in [0.717, 1.165) is 28.9 Å². The van der Waals surface area contributed by atoms with E-state index in [9.17, 15) is 9.59 Å². The van der Waals surface area contributed by atoms with Crippen LogP contribution in [-0.2, 0) is 27.3 Å². The molecule has 0 spiro atoms. The first-order chi connectivity index (χ1) is 18.6. The second-order valence-electron chi connectivity index (χ2n) is 12.6. The van der Waals surface area contributed by atoms with E-state index in [1.807, 2.05) is 57.2 Å². The minimum Gasteiger partial charge on any atom is -0.465 e. The Labute approximate surface area is 244 Å². The van der Waals surface area contributed by atoms with Gasteiger partial charge >= 0.3 is 20.5 Å². The Balaban J connectivity index is 2.33. The summed E-state index contributed by atoms with van der Waals surface area (Å²) in [5.41, 5.74) is -0.111. The molecule has 0 bridgehead atoms. The van der Waals surface area contributed by atoms with Crippen molar-refractivity contribution in [2.24, 2.45) is 5.41 Å². The first kappa shape index (κ1) is 33.9. The zero-order valence-corrected chi connectivity index (χ0v) is 28.7. The minimum atomic E-state index is -3.14. The van der Waals surface area contributed by atoms with Gasteiger partial charge in [-0.1, -0.05) is 67.2 Å². The Hall–Kier alpha value is -2.31. The second-order valence-corrected chi connectivity index (χ2v) is 24.6. The lowest BCUT2D eigenvalue weighted by atomic mass is 9.97. The molecule has 9 heteroatoms. The summed E-state index contributed by atoms with van der Waals surface area (Å²) in [4.78, 5) is 24.1. The van der Waals surface area contributed by atoms with Crippen molar-refractivity contribution in [3.63, 3.8) is 0 Å². The Morgan fingerprint density at radius 2 is 1.12 bits per heavy atom. The highest BCUT2D eigenvalue weighted by Crippen LogP contribution is 2.27. The van der Waals surface area contributed by atoms with E-state index >= 15 is 0 Å². The summed E-state index contributed by atoms with van der Waals surface area (Å²) in [5.74, 6) is -0.544. The highest BCUT2D eigenvalue weighted by molar-refractivity contribution is 7.02. The third-order valence-corrected chi connectivity index (χ3v) is 18.4. The number of hydrogen-bond donors (Lipinski definition) is 0. The molecule has 0 fully saturated rings. The van der Waals surface area contributed by atoms with Gasteiger partial charge in [-0.15, -0.1) is 0 Å². The monoisotopic (exact) mass is 600 g/mol. The molecule has 2 rings (SSSR count). The standard InChI is InChI=1S/C31H48O6Si3/c1-26(2)29(32)34-22-16-24-38(6,7)36-40(27-18-12-10-13-19-27,28-20-14-11-15-21-28)37-39(8,9)25-17-23-35-30(33)31(3,4)5/h10-15,18-21H,1,16-17,22-25H2,2-9H3. The van der Waals surface area contributed by atoms with Crippen LogP contribution in [0.4, 0.5) is 0 Å². The van der Waals surface area contributed by atoms with Crippen LogP contribution in [0.2, 0.25) is 38.3 Å². The van der Waals surface area contributed by atoms with Gasteiger partial charge in [0.2, 0.25) is 0 Å². The number of hydrogen-bond acceptors (Lipinski definition) is 6. The van der Waals surface area contributed by atoms with E-state index in [1.54, 1.807) is 6.92 Å². The molecule has 0 saturated carbocycles. The van der Waals surface area contributed by atoms with E-state index in [-0.39, 0.29) is 11.9 Å². The van der Waals surface area contributed by atoms with E-state index in [0.29, 0.717) is 25.2 Å². The highest BCUT2D eigenvalue weighted by Gasteiger charge is 2.50. The third kappa shape index (κ3) is 10.6. The van der Waals surface area contributed by atoms with E-state index in [1.165, 1.54) is 0 Å². The van der Waals surface area contributed by atoms with E-state index in [2.05, 4.69) is 57.0 Å². The molecule has 40 heavy (non-hydrogen) atoms. The summed E-state index contributed by atoms with van der Waals surface area (Å²) in [5, 5.41) is 2.16. The molecule has 220 valence electrons. The van der Waals surface area contributed by atoms with Crippen LogP contribution in [0.3, 0.4) is 0 Å². The molecule has 2 aromatic carbocycles. The Morgan fingerprint density at radius 1 is 0.725 bits per heavy atom. The fourth-order valence-corrected chi connectivity index (χ4v) is 17.3. The smallest absolute Gasteiger partial charge is 0.386 e. The lowest BCUT2D eigenvalue weighted by Gasteiger charge is -2.43. The molecule has 6 nitrogen and oxygen atoms in total. The van der Waals surface area contributed by atoms with Gasteiger partial charge in [-0.25, -0.2) is 4.79 Å². The van der Waals surface area contributed by atoms with Crippen LogP contribution >= 0.6 is 0 Å². The molecule has 0 heterocycles. The van der Waals surface area contributed by atoms with Crippen LogP contribution in [-0.4, -0.2) is 50.3 Å². The molecule has 0 amide bonds. The molecular weight excluding hydrogens is 553 g/mol. The Morgan fingerprint density at radius 3 is 1.50 bits per heavy atom. The van der Waals surface area contributed by atoms with Crippen molar-refractivity contribution < 1.29 is 27.3 Å². The molecule has 0 aliphatic heterocycles. The molecule has 0 saturated heterocycles. The SMILES string of the molecule is C=C(C)C(=O)OCCC[Si](C)(C)O[Si](O[Si](C)(C)CCCOC(=O)C(C)(C)C)(c1ccccc1)c1ccccc1. The zero-order chi connectivity index (χ0) is 30.0. The van der Waals surface area contributed by atoms with Crippen LogP contribution in [0.5, 0.6) is 0 Å². The summed E-state index contributed by atoms with van der Waals surface area (Å²) in [6.07, 6.45) is 1.45. The molecular formula is C31H48O6Si3. The van der Waals surface area contributed by atoms with Gasteiger partial charge in [0.1, 0.15) is 0 Å². The molecule has 0 N–H and O–H groups in total. The number of ether oxygens (including phenoxy) is 2. The maximum absolute atomic E-state index is 12.2. The lowest BCUT2D eigenvalue weighted by molar-refractivity contribution is -0.152. The lowest BCUT2D eigenvalue weighted by Crippen LogP contribution is -2.70. The second kappa shape index (κ2) is 14.5. The van der Waals surface area contributed by atoms with Crippen molar-refractivity contribution in [1.29, 1.82) is 0 Å². The maximum Gasteiger partial charge on any atom is 0.386 e. The van der Waals surface area contributed by atoms with Gasteiger partial charge in [-0.05, 0) is 89.2 Å². The molecule has 0 unspecified atom stereocenters. The molecule has 2 aromatic rings. The van der Waals surface area contributed by atoms with Crippen LogP contribution in [0.15, 0.2) is 72.8 Å². The fourth-order valence-electron chi connectivity index (χ4n) is 4.28. The predicted molar refractivity (Wildman–Crippen MR) is 170 cm³/mol. The molecule has 0 aromatic heterocycles. The van der Waals surface area contributed by atoms with Gasteiger partial charge in [0.15, 0.2) is 16.6 Å². The Bertz CT molecular complexity index is 1070. The largest absolute Gasteiger partial charge is 0.465 e. The van der Waals surface area contributed by atoms with Crippen molar-refractivity contribution in [2.75, 3.05) is 13.2 Å². The number of carbonyl (C=O) groups is 2. The van der Waals surface area contributed by atoms with Gasteiger partial charge in [-0.2, -0.15) is 0 Å². The van der Waals surface area contributed by atoms with Crippen molar-refractivity contribution in [3.8, 4) is 0 Å². The first-order valence-corrected chi connectivity index (χ1v) is 22.1. The van der Waals surface area contributed by atoms with Gasteiger partial charge < -0.3 is 17.7 Å². The van der Waals surface area contributed by atoms with Crippen molar-refractivity contribution in [3.05, 3.63) is 72.8 Å². The van der Waals surface area contributed by atoms with E-state index < -0.39 is 30.6 Å². The van der Waals surface area contributed by atoms with E-state index in [4.69, 9.17) is 17.7 Å². The molecule has 0 aliphatic carbocycles. The zero-order valence-electron chi connectivity index (χ0n) is 25.7. The molecule has 0 radical (unpaired) electrons. The van der Waals surface area contributed by atoms with Gasteiger partial charge in [-0.3, -0.25) is 4.79 Å². The highest BCUT2D eigenvalue weighted by atomic mass is 28.5. The fraction of sp³-hybridized carbons (Fsp3) is 0.484. The summed E-state index contributed by atoms with van der Waals surface area (Å²) in [6, 6.07) is 22.3. The molecule has 0 atom stereocenters. The quantitative estimate of drug-likeness (QED) is 0.105. The first-order valence-electron chi connectivity index (χ1n) is 14.1.